The number of nitrogens with zero attached hydrogens (tertiary/aromatic N) is 2. The molecule has 2 N–H and O–H groups in total. The Labute approximate surface area is 146 Å². The van der Waals surface area contributed by atoms with Crippen LogP contribution in [0.5, 0.6) is 5.75 Å². The Hall–Kier alpha value is -1.75. The van der Waals surface area contributed by atoms with Gasteiger partial charge in [0.05, 0.1) is 6.61 Å². The summed E-state index contributed by atoms with van der Waals surface area (Å²) in [5.74, 6) is 2.53. The van der Waals surface area contributed by atoms with Crippen LogP contribution in [0.3, 0.4) is 0 Å². The zero-order valence-corrected chi connectivity index (χ0v) is 15.1. The number of ether oxygens (including phenoxy) is 1. The predicted molar refractivity (Wildman–Crippen MR) is 101 cm³/mol. The molecule has 1 fully saturated rings. The van der Waals surface area contributed by atoms with E-state index in [9.17, 15) is 0 Å². The normalized spacial score (nSPS) is 19.1. The molecule has 5 nitrogen and oxygen atoms in total. The third-order valence-electron chi connectivity index (χ3n) is 4.20. The highest BCUT2D eigenvalue weighted by molar-refractivity contribution is 5.79. The van der Waals surface area contributed by atoms with E-state index in [4.69, 9.17) is 9.73 Å². The van der Waals surface area contributed by atoms with Crippen LogP contribution in [0.4, 0.5) is 0 Å². The SMILES string of the molecule is CCNC(=NCC1CCCN(C)C1)NCCCOc1ccccc1. The van der Waals surface area contributed by atoms with Crippen LogP contribution in [-0.2, 0) is 0 Å². The molecule has 1 saturated heterocycles. The largest absolute Gasteiger partial charge is 0.494 e. The zero-order valence-electron chi connectivity index (χ0n) is 15.1. The molecule has 2 rings (SSSR count). The van der Waals surface area contributed by atoms with Gasteiger partial charge in [0.25, 0.3) is 0 Å². The molecule has 134 valence electrons. The predicted octanol–water partition coefficient (Wildman–Crippen LogP) is 2.35. The average molecular weight is 332 g/mol. The first-order valence-corrected chi connectivity index (χ1v) is 9.16. The van der Waals surface area contributed by atoms with Crippen LogP contribution in [-0.4, -0.2) is 57.2 Å². The second-order valence-corrected chi connectivity index (χ2v) is 6.43. The van der Waals surface area contributed by atoms with Gasteiger partial charge in [-0.05, 0) is 57.8 Å². The van der Waals surface area contributed by atoms with Crippen LogP contribution >= 0.6 is 0 Å². The van der Waals surface area contributed by atoms with Crippen molar-refractivity contribution in [2.24, 2.45) is 10.9 Å². The molecule has 1 heterocycles. The van der Waals surface area contributed by atoms with E-state index in [0.717, 1.165) is 44.3 Å². The van der Waals surface area contributed by atoms with Gasteiger partial charge >= 0.3 is 0 Å². The summed E-state index contributed by atoms with van der Waals surface area (Å²) in [5, 5.41) is 6.73. The van der Waals surface area contributed by atoms with E-state index in [0.29, 0.717) is 12.5 Å². The molecule has 0 aromatic heterocycles. The van der Waals surface area contributed by atoms with E-state index in [1.165, 1.54) is 19.4 Å². The van der Waals surface area contributed by atoms with Crippen LogP contribution in [0.15, 0.2) is 35.3 Å². The lowest BCUT2D eigenvalue weighted by Crippen LogP contribution is -2.39. The second-order valence-electron chi connectivity index (χ2n) is 6.43. The summed E-state index contributed by atoms with van der Waals surface area (Å²) >= 11 is 0. The second kappa shape index (κ2) is 10.9. The van der Waals surface area contributed by atoms with Crippen LogP contribution in [0.2, 0.25) is 0 Å². The first kappa shape index (κ1) is 18.6. The van der Waals surface area contributed by atoms with Gasteiger partial charge in [0.2, 0.25) is 0 Å². The topological polar surface area (TPSA) is 48.9 Å². The molecule has 1 unspecified atom stereocenters. The summed E-state index contributed by atoms with van der Waals surface area (Å²) < 4.78 is 5.71. The van der Waals surface area contributed by atoms with Crippen LogP contribution in [0.25, 0.3) is 0 Å². The standard InChI is InChI=1S/C19H32N4O/c1-3-20-19(22-15-17-9-7-13-23(2)16-17)21-12-8-14-24-18-10-5-4-6-11-18/h4-6,10-11,17H,3,7-9,12-16H2,1-2H3,(H2,20,21,22). The maximum atomic E-state index is 5.71. The van der Waals surface area contributed by atoms with E-state index >= 15 is 0 Å². The summed E-state index contributed by atoms with van der Waals surface area (Å²) in [6.45, 7) is 7.85. The highest BCUT2D eigenvalue weighted by atomic mass is 16.5. The molecule has 0 amide bonds. The quantitative estimate of drug-likeness (QED) is 0.436. The molecule has 0 aliphatic carbocycles. The fraction of sp³-hybridized carbons (Fsp3) is 0.632. The first-order valence-electron chi connectivity index (χ1n) is 9.16. The smallest absolute Gasteiger partial charge is 0.191 e. The lowest BCUT2D eigenvalue weighted by molar-refractivity contribution is 0.214. The number of nitrogens with one attached hydrogen (secondary N) is 2. The summed E-state index contributed by atoms with van der Waals surface area (Å²) in [7, 11) is 2.20. The third kappa shape index (κ3) is 7.21. The molecule has 1 atom stereocenters. The van der Waals surface area contributed by atoms with Crippen LogP contribution in [0.1, 0.15) is 26.2 Å². The number of rotatable bonds is 8. The maximum absolute atomic E-state index is 5.71. The van der Waals surface area contributed by atoms with Gasteiger partial charge < -0.3 is 20.3 Å². The molecule has 1 aromatic rings. The Kier molecular flexibility index (Phi) is 8.46. The van der Waals surface area contributed by atoms with E-state index in [1.54, 1.807) is 0 Å². The number of benzene rings is 1. The summed E-state index contributed by atoms with van der Waals surface area (Å²) in [5.41, 5.74) is 0. The maximum Gasteiger partial charge on any atom is 0.191 e. The average Bonchev–Trinajstić information content (AvgIpc) is 2.60. The molecule has 24 heavy (non-hydrogen) atoms. The number of aliphatic imine (C=N–C) groups is 1. The Morgan fingerprint density at radius 3 is 2.88 bits per heavy atom. The van der Waals surface area contributed by atoms with Gasteiger partial charge in [-0.1, -0.05) is 18.2 Å². The van der Waals surface area contributed by atoms with Crippen molar-refractivity contribution in [2.75, 3.05) is 46.4 Å². The summed E-state index contributed by atoms with van der Waals surface area (Å²) in [6, 6.07) is 9.95. The lowest BCUT2D eigenvalue weighted by Gasteiger charge is -2.28. The number of likely N-dealkylation sites (tertiary alicyclic amines) is 1. The molecule has 1 aliphatic rings. The van der Waals surface area contributed by atoms with E-state index < -0.39 is 0 Å². The minimum absolute atomic E-state index is 0.681. The fourth-order valence-electron chi connectivity index (χ4n) is 2.97. The van der Waals surface area contributed by atoms with Gasteiger partial charge in [-0.25, -0.2) is 0 Å². The minimum atomic E-state index is 0.681. The molecule has 0 spiro atoms. The molecular weight excluding hydrogens is 300 g/mol. The minimum Gasteiger partial charge on any atom is -0.494 e. The highest BCUT2D eigenvalue weighted by Gasteiger charge is 2.16. The fourth-order valence-corrected chi connectivity index (χ4v) is 2.97. The van der Waals surface area contributed by atoms with Crippen molar-refractivity contribution in [2.45, 2.75) is 26.2 Å². The van der Waals surface area contributed by atoms with Crippen molar-refractivity contribution < 1.29 is 4.74 Å². The molecule has 1 aliphatic heterocycles. The first-order chi connectivity index (χ1) is 11.8. The number of para-hydroxylation sites is 1. The van der Waals surface area contributed by atoms with Crippen molar-refractivity contribution in [1.29, 1.82) is 0 Å². The number of piperidine rings is 1. The van der Waals surface area contributed by atoms with Crippen LogP contribution < -0.4 is 15.4 Å². The summed E-state index contributed by atoms with van der Waals surface area (Å²) in [4.78, 5) is 7.16. The molecule has 0 saturated carbocycles. The highest BCUT2D eigenvalue weighted by Crippen LogP contribution is 2.15. The summed E-state index contributed by atoms with van der Waals surface area (Å²) in [6.07, 6.45) is 3.53. The van der Waals surface area contributed by atoms with Crippen molar-refractivity contribution >= 4 is 5.96 Å². The Morgan fingerprint density at radius 2 is 2.12 bits per heavy atom. The zero-order chi connectivity index (χ0) is 17.0. The Bertz CT molecular complexity index is 478. The number of hydrogen-bond donors (Lipinski definition) is 2. The molecule has 0 bridgehead atoms. The molecule has 5 heteroatoms. The van der Waals surface area contributed by atoms with Crippen molar-refractivity contribution in [1.82, 2.24) is 15.5 Å². The number of guanidine groups is 1. The van der Waals surface area contributed by atoms with Gasteiger partial charge in [-0.15, -0.1) is 0 Å². The van der Waals surface area contributed by atoms with E-state index in [2.05, 4.69) is 29.5 Å². The molecular formula is C19H32N4O. The van der Waals surface area contributed by atoms with Gasteiger partial charge in [0, 0.05) is 26.2 Å². The third-order valence-corrected chi connectivity index (χ3v) is 4.20. The van der Waals surface area contributed by atoms with Crippen LogP contribution in [0, 0.1) is 5.92 Å². The Morgan fingerprint density at radius 1 is 1.29 bits per heavy atom. The molecule has 0 radical (unpaired) electrons. The molecule has 1 aromatic carbocycles. The van der Waals surface area contributed by atoms with Crippen molar-refractivity contribution in [3.8, 4) is 5.75 Å². The van der Waals surface area contributed by atoms with Gasteiger partial charge in [0.15, 0.2) is 5.96 Å². The Balaban J connectivity index is 1.65. The van der Waals surface area contributed by atoms with Gasteiger partial charge in [-0.3, -0.25) is 4.99 Å². The van der Waals surface area contributed by atoms with Crippen molar-refractivity contribution in [3.63, 3.8) is 0 Å². The monoisotopic (exact) mass is 332 g/mol. The van der Waals surface area contributed by atoms with E-state index in [1.807, 2.05) is 30.3 Å². The van der Waals surface area contributed by atoms with Gasteiger partial charge in [0.1, 0.15) is 5.75 Å². The van der Waals surface area contributed by atoms with Gasteiger partial charge in [-0.2, -0.15) is 0 Å². The van der Waals surface area contributed by atoms with Crippen molar-refractivity contribution in [3.05, 3.63) is 30.3 Å². The number of hydrogen-bond acceptors (Lipinski definition) is 3. The van der Waals surface area contributed by atoms with E-state index in [-0.39, 0.29) is 0 Å². The lowest BCUT2D eigenvalue weighted by atomic mass is 9.99.